The van der Waals surface area contributed by atoms with Gasteiger partial charge in [0.2, 0.25) is 0 Å². The number of carboxylic acids is 1. The Bertz CT molecular complexity index is 359. The van der Waals surface area contributed by atoms with E-state index in [0.29, 0.717) is 11.7 Å². The summed E-state index contributed by atoms with van der Waals surface area (Å²) in [6, 6.07) is 3.18. The summed E-state index contributed by atoms with van der Waals surface area (Å²) in [6.45, 7) is 3.05. The van der Waals surface area contributed by atoms with Crippen molar-refractivity contribution < 1.29 is 15.0 Å². The van der Waals surface area contributed by atoms with E-state index in [1.54, 1.807) is 6.07 Å². The first-order chi connectivity index (χ1) is 8.67. The number of hydrogen-bond acceptors (Lipinski definition) is 4. The van der Waals surface area contributed by atoms with Crippen molar-refractivity contribution in [3.8, 4) is 0 Å². The summed E-state index contributed by atoms with van der Waals surface area (Å²) in [5, 5.41) is 20.9. The van der Waals surface area contributed by atoms with Crippen molar-refractivity contribution in [2.45, 2.75) is 26.2 Å². The van der Waals surface area contributed by atoms with Crippen molar-refractivity contribution >= 4 is 11.8 Å². The summed E-state index contributed by atoms with van der Waals surface area (Å²) in [5.41, 5.74) is 0.181. The Morgan fingerprint density at radius 3 is 2.72 bits per heavy atom. The fourth-order valence-electron chi connectivity index (χ4n) is 1.81. The van der Waals surface area contributed by atoms with Crippen LogP contribution in [-0.2, 0) is 0 Å². The molecule has 0 aliphatic heterocycles. The van der Waals surface area contributed by atoms with Crippen LogP contribution in [0, 0.1) is 5.92 Å². The zero-order valence-corrected chi connectivity index (χ0v) is 10.6. The fourth-order valence-corrected chi connectivity index (χ4v) is 1.81. The van der Waals surface area contributed by atoms with Crippen molar-refractivity contribution in [3.05, 3.63) is 23.9 Å². The smallest absolute Gasteiger partial charge is 0.337 e. The molecule has 0 saturated carbocycles. The first-order valence-corrected chi connectivity index (χ1v) is 6.21. The molecule has 0 spiro atoms. The highest BCUT2D eigenvalue weighted by atomic mass is 16.4. The molecule has 1 rings (SSSR count). The molecule has 1 atom stereocenters. The van der Waals surface area contributed by atoms with Gasteiger partial charge < -0.3 is 15.5 Å². The third kappa shape index (κ3) is 4.71. The maximum Gasteiger partial charge on any atom is 0.337 e. The van der Waals surface area contributed by atoms with E-state index in [1.807, 2.05) is 0 Å². The number of nitrogens with zero attached hydrogens (tertiary/aromatic N) is 1. The van der Waals surface area contributed by atoms with Gasteiger partial charge in [-0.05, 0) is 30.9 Å². The number of pyridine rings is 1. The molecule has 5 nitrogen and oxygen atoms in total. The molecule has 3 N–H and O–H groups in total. The molecule has 1 unspecified atom stereocenters. The van der Waals surface area contributed by atoms with Crippen molar-refractivity contribution in [2.75, 3.05) is 18.5 Å². The van der Waals surface area contributed by atoms with E-state index in [4.69, 9.17) is 10.2 Å². The van der Waals surface area contributed by atoms with Gasteiger partial charge in [0.05, 0.1) is 5.56 Å². The lowest BCUT2D eigenvalue weighted by molar-refractivity contribution is 0.0696. The molecule has 18 heavy (non-hydrogen) atoms. The molecular weight excluding hydrogens is 232 g/mol. The first-order valence-electron chi connectivity index (χ1n) is 6.21. The maximum atomic E-state index is 10.7. The van der Waals surface area contributed by atoms with Crippen LogP contribution < -0.4 is 5.32 Å². The van der Waals surface area contributed by atoms with E-state index in [0.717, 1.165) is 25.8 Å². The van der Waals surface area contributed by atoms with E-state index in [1.165, 1.54) is 12.3 Å². The number of carboxylic acid groups (broad SMARTS) is 1. The Balaban J connectivity index is 2.48. The quantitative estimate of drug-likeness (QED) is 0.659. The molecule has 0 aromatic carbocycles. The highest BCUT2D eigenvalue weighted by molar-refractivity contribution is 5.87. The van der Waals surface area contributed by atoms with Gasteiger partial charge in [0.25, 0.3) is 0 Å². The zero-order chi connectivity index (χ0) is 13.4. The van der Waals surface area contributed by atoms with Gasteiger partial charge in [-0.25, -0.2) is 9.78 Å². The van der Waals surface area contributed by atoms with Crippen LogP contribution in [0.25, 0.3) is 0 Å². The molecule has 1 aromatic heterocycles. The lowest BCUT2D eigenvalue weighted by Crippen LogP contribution is -2.16. The SMILES string of the molecule is CCCC(CCO)CNc1ccc(C(=O)O)cn1. The van der Waals surface area contributed by atoms with E-state index >= 15 is 0 Å². The lowest BCUT2D eigenvalue weighted by Gasteiger charge is -2.15. The molecular formula is C13H20N2O3. The van der Waals surface area contributed by atoms with Crippen molar-refractivity contribution in [2.24, 2.45) is 5.92 Å². The summed E-state index contributed by atoms with van der Waals surface area (Å²) in [5.74, 6) is 0.109. The predicted octanol–water partition coefficient (Wildman–Crippen LogP) is 1.99. The Morgan fingerprint density at radius 2 is 2.22 bits per heavy atom. The molecule has 0 saturated heterocycles. The Morgan fingerprint density at radius 1 is 1.44 bits per heavy atom. The van der Waals surface area contributed by atoms with Crippen molar-refractivity contribution in [1.82, 2.24) is 4.98 Å². The van der Waals surface area contributed by atoms with E-state index in [-0.39, 0.29) is 12.2 Å². The molecule has 0 aliphatic rings. The summed E-state index contributed by atoms with van der Waals surface area (Å²) in [7, 11) is 0. The van der Waals surface area contributed by atoms with Gasteiger partial charge in [0.15, 0.2) is 0 Å². The molecule has 0 bridgehead atoms. The van der Waals surface area contributed by atoms with E-state index in [2.05, 4.69) is 17.2 Å². The second-order valence-corrected chi connectivity index (χ2v) is 4.29. The second-order valence-electron chi connectivity index (χ2n) is 4.29. The Labute approximate surface area is 107 Å². The number of nitrogens with one attached hydrogen (secondary N) is 1. The summed E-state index contributed by atoms with van der Waals surface area (Å²) >= 11 is 0. The van der Waals surface area contributed by atoms with Crippen LogP contribution in [0.4, 0.5) is 5.82 Å². The molecule has 0 aliphatic carbocycles. The molecule has 0 amide bonds. The van der Waals surface area contributed by atoms with Crippen LogP contribution in [0.15, 0.2) is 18.3 Å². The minimum Gasteiger partial charge on any atom is -0.478 e. The normalized spacial score (nSPS) is 12.1. The van der Waals surface area contributed by atoms with E-state index < -0.39 is 5.97 Å². The van der Waals surface area contributed by atoms with Crippen LogP contribution >= 0.6 is 0 Å². The number of carbonyl (C=O) groups is 1. The molecule has 1 heterocycles. The summed E-state index contributed by atoms with van der Waals surface area (Å²) in [4.78, 5) is 14.7. The first kappa shape index (κ1) is 14.4. The number of anilines is 1. The number of aromatic carboxylic acids is 1. The number of hydrogen-bond donors (Lipinski definition) is 3. The van der Waals surface area contributed by atoms with Crippen molar-refractivity contribution in [3.63, 3.8) is 0 Å². The highest BCUT2D eigenvalue weighted by Crippen LogP contribution is 2.12. The van der Waals surface area contributed by atoms with Gasteiger partial charge >= 0.3 is 5.97 Å². The molecule has 5 heteroatoms. The fraction of sp³-hybridized carbons (Fsp3) is 0.538. The van der Waals surface area contributed by atoms with Crippen LogP contribution in [0.2, 0.25) is 0 Å². The average molecular weight is 252 g/mol. The van der Waals surface area contributed by atoms with Crippen molar-refractivity contribution in [1.29, 1.82) is 0 Å². The Hall–Kier alpha value is -1.62. The largest absolute Gasteiger partial charge is 0.478 e. The van der Waals surface area contributed by atoms with Crippen LogP contribution in [0.3, 0.4) is 0 Å². The molecule has 0 fully saturated rings. The van der Waals surface area contributed by atoms with Gasteiger partial charge in [-0.15, -0.1) is 0 Å². The Kier molecular flexibility index (Phi) is 6.14. The minimum absolute atomic E-state index is 0.181. The standard InChI is InChI=1S/C13H20N2O3/c1-2-3-10(6-7-16)8-14-12-5-4-11(9-15-12)13(17)18/h4-5,9-10,16H,2-3,6-8H2,1H3,(H,14,15)(H,17,18). The van der Waals surface area contributed by atoms with Gasteiger partial charge in [-0.3, -0.25) is 0 Å². The summed E-state index contributed by atoms with van der Waals surface area (Å²) in [6.07, 6.45) is 4.25. The van der Waals surface area contributed by atoms with Crippen LogP contribution in [0.5, 0.6) is 0 Å². The number of aliphatic hydroxyl groups excluding tert-OH is 1. The number of aliphatic hydroxyl groups is 1. The lowest BCUT2D eigenvalue weighted by atomic mass is 10.0. The van der Waals surface area contributed by atoms with Crippen LogP contribution in [-0.4, -0.2) is 34.3 Å². The molecule has 100 valence electrons. The predicted molar refractivity (Wildman–Crippen MR) is 69.8 cm³/mol. The molecule has 0 radical (unpaired) electrons. The highest BCUT2D eigenvalue weighted by Gasteiger charge is 2.08. The third-order valence-electron chi connectivity index (χ3n) is 2.82. The third-order valence-corrected chi connectivity index (χ3v) is 2.82. The zero-order valence-electron chi connectivity index (χ0n) is 10.6. The topological polar surface area (TPSA) is 82.5 Å². The second kappa shape index (κ2) is 7.66. The van der Waals surface area contributed by atoms with Gasteiger partial charge in [0, 0.05) is 19.3 Å². The average Bonchev–Trinajstić information content (AvgIpc) is 2.37. The van der Waals surface area contributed by atoms with Gasteiger partial charge in [-0.1, -0.05) is 13.3 Å². The monoisotopic (exact) mass is 252 g/mol. The van der Waals surface area contributed by atoms with E-state index in [9.17, 15) is 4.79 Å². The number of aromatic nitrogens is 1. The van der Waals surface area contributed by atoms with Crippen LogP contribution in [0.1, 0.15) is 36.5 Å². The van der Waals surface area contributed by atoms with Gasteiger partial charge in [0.1, 0.15) is 5.82 Å². The summed E-state index contributed by atoms with van der Waals surface area (Å²) < 4.78 is 0. The maximum absolute atomic E-state index is 10.7. The van der Waals surface area contributed by atoms with Gasteiger partial charge in [-0.2, -0.15) is 0 Å². The molecule has 1 aromatic rings. The number of rotatable bonds is 8. The minimum atomic E-state index is -0.974.